The molecule has 1 aliphatic rings. The molecule has 0 spiro atoms. The van der Waals surface area contributed by atoms with Crippen LogP contribution in [0, 0.1) is 5.92 Å². The van der Waals surface area contributed by atoms with Crippen molar-refractivity contribution in [3.8, 4) is 0 Å². The second-order valence-electron chi connectivity index (χ2n) is 5.51. The van der Waals surface area contributed by atoms with E-state index in [1.54, 1.807) is 0 Å². The zero-order chi connectivity index (χ0) is 15.2. The molecule has 0 saturated carbocycles. The lowest BCUT2D eigenvalue weighted by atomic mass is 9.81. The molecule has 0 bridgehead atoms. The Morgan fingerprint density at radius 1 is 1.29 bits per heavy atom. The molecule has 2 rings (SSSR count). The van der Waals surface area contributed by atoms with Crippen molar-refractivity contribution >= 4 is 23.6 Å². The van der Waals surface area contributed by atoms with Gasteiger partial charge >= 0.3 is 5.97 Å². The van der Waals surface area contributed by atoms with Crippen molar-refractivity contribution < 1.29 is 14.7 Å². The Morgan fingerprint density at radius 2 is 2.00 bits per heavy atom. The lowest BCUT2D eigenvalue weighted by molar-refractivity contribution is -0.133. The summed E-state index contributed by atoms with van der Waals surface area (Å²) in [4.78, 5) is 24.4. The van der Waals surface area contributed by atoms with Crippen LogP contribution in [0.3, 0.4) is 0 Å². The standard InChI is InChI=1S/C16H21NO3S/c1-12-9-17(15(18)10-21-11-16(19)20)8-7-14(12)13-5-3-2-4-6-13/h2-6,12,14H,7-11H2,1H3,(H,19,20). The number of nitrogens with zero attached hydrogens (tertiary/aromatic N) is 1. The number of carboxylic acid groups (broad SMARTS) is 1. The number of benzene rings is 1. The van der Waals surface area contributed by atoms with E-state index in [0.717, 1.165) is 19.5 Å². The van der Waals surface area contributed by atoms with Crippen molar-refractivity contribution in [1.29, 1.82) is 0 Å². The molecule has 4 nitrogen and oxygen atoms in total. The number of amides is 1. The molecule has 1 N–H and O–H groups in total. The minimum atomic E-state index is -0.871. The van der Waals surface area contributed by atoms with Gasteiger partial charge in [0.05, 0.1) is 11.5 Å². The fourth-order valence-corrected chi connectivity index (χ4v) is 3.52. The lowest BCUT2D eigenvalue weighted by Crippen LogP contribution is -2.43. The van der Waals surface area contributed by atoms with Crippen molar-refractivity contribution in [3.05, 3.63) is 35.9 Å². The summed E-state index contributed by atoms with van der Waals surface area (Å²) in [6.07, 6.45) is 0.973. The molecule has 114 valence electrons. The largest absolute Gasteiger partial charge is 0.481 e. The smallest absolute Gasteiger partial charge is 0.313 e. The Balaban J connectivity index is 1.86. The number of rotatable bonds is 5. The maximum atomic E-state index is 12.1. The summed E-state index contributed by atoms with van der Waals surface area (Å²) in [5.74, 6) is 0.358. The Morgan fingerprint density at radius 3 is 2.62 bits per heavy atom. The highest BCUT2D eigenvalue weighted by Gasteiger charge is 2.29. The molecule has 2 atom stereocenters. The molecule has 1 heterocycles. The summed E-state index contributed by atoms with van der Waals surface area (Å²) in [5.41, 5.74) is 1.34. The van der Waals surface area contributed by atoms with E-state index in [9.17, 15) is 9.59 Å². The van der Waals surface area contributed by atoms with E-state index >= 15 is 0 Å². The average Bonchev–Trinajstić information content (AvgIpc) is 2.47. The number of carbonyl (C=O) groups is 2. The number of aliphatic carboxylic acids is 1. The third kappa shape index (κ3) is 4.49. The predicted molar refractivity (Wildman–Crippen MR) is 84.5 cm³/mol. The van der Waals surface area contributed by atoms with E-state index in [1.165, 1.54) is 17.3 Å². The van der Waals surface area contributed by atoms with Crippen molar-refractivity contribution in [1.82, 2.24) is 4.90 Å². The number of thioether (sulfide) groups is 1. The number of piperidine rings is 1. The maximum absolute atomic E-state index is 12.1. The first kappa shape index (κ1) is 15.9. The fraction of sp³-hybridized carbons (Fsp3) is 0.500. The van der Waals surface area contributed by atoms with E-state index in [-0.39, 0.29) is 17.4 Å². The molecule has 1 amide bonds. The van der Waals surface area contributed by atoms with Gasteiger partial charge in [0.15, 0.2) is 0 Å². The molecule has 1 aromatic rings. The van der Waals surface area contributed by atoms with E-state index < -0.39 is 5.97 Å². The van der Waals surface area contributed by atoms with Crippen LogP contribution in [0.5, 0.6) is 0 Å². The van der Waals surface area contributed by atoms with Crippen LogP contribution in [0.25, 0.3) is 0 Å². The summed E-state index contributed by atoms with van der Waals surface area (Å²) >= 11 is 1.17. The van der Waals surface area contributed by atoms with Gasteiger partial charge < -0.3 is 10.0 Å². The number of carbonyl (C=O) groups excluding carboxylic acids is 1. The molecule has 1 fully saturated rings. The summed E-state index contributed by atoms with van der Waals surface area (Å²) < 4.78 is 0. The molecule has 1 aliphatic heterocycles. The second kappa shape index (κ2) is 7.50. The van der Waals surface area contributed by atoms with Gasteiger partial charge in [0.1, 0.15) is 0 Å². The van der Waals surface area contributed by atoms with Gasteiger partial charge in [0.2, 0.25) is 5.91 Å². The first-order valence-corrected chi connectivity index (χ1v) is 8.35. The van der Waals surface area contributed by atoms with Crippen LogP contribution in [0.1, 0.15) is 24.8 Å². The highest BCUT2D eigenvalue weighted by Crippen LogP contribution is 2.32. The molecule has 0 radical (unpaired) electrons. The summed E-state index contributed by atoms with van der Waals surface area (Å²) in [7, 11) is 0. The fourth-order valence-electron chi connectivity index (χ4n) is 2.88. The van der Waals surface area contributed by atoms with E-state index in [4.69, 9.17) is 5.11 Å². The van der Waals surface area contributed by atoms with Crippen molar-refractivity contribution in [2.24, 2.45) is 5.92 Å². The van der Waals surface area contributed by atoms with Crippen molar-refractivity contribution in [2.45, 2.75) is 19.3 Å². The first-order valence-electron chi connectivity index (χ1n) is 7.20. The Hall–Kier alpha value is -1.49. The zero-order valence-electron chi connectivity index (χ0n) is 12.2. The topological polar surface area (TPSA) is 57.6 Å². The van der Waals surface area contributed by atoms with Crippen LogP contribution in [0.15, 0.2) is 30.3 Å². The van der Waals surface area contributed by atoms with E-state index in [1.807, 2.05) is 11.0 Å². The monoisotopic (exact) mass is 307 g/mol. The zero-order valence-corrected chi connectivity index (χ0v) is 13.0. The van der Waals surface area contributed by atoms with Gasteiger partial charge in [-0.2, -0.15) is 0 Å². The molecule has 1 saturated heterocycles. The van der Waals surface area contributed by atoms with Crippen LogP contribution in [-0.2, 0) is 9.59 Å². The number of hydrogen-bond acceptors (Lipinski definition) is 3. The number of hydrogen-bond donors (Lipinski definition) is 1. The van der Waals surface area contributed by atoms with Crippen molar-refractivity contribution in [2.75, 3.05) is 24.6 Å². The Bertz CT molecular complexity index is 492. The summed E-state index contributed by atoms with van der Waals surface area (Å²) in [6.45, 7) is 3.70. The molecular weight excluding hydrogens is 286 g/mol. The lowest BCUT2D eigenvalue weighted by Gasteiger charge is -2.37. The van der Waals surface area contributed by atoms with Crippen LogP contribution in [0.4, 0.5) is 0 Å². The average molecular weight is 307 g/mol. The van der Waals surface area contributed by atoms with E-state index in [0.29, 0.717) is 11.8 Å². The maximum Gasteiger partial charge on any atom is 0.313 e. The first-order chi connectivity index (χ1) is 10.1. The number of likely N-dealkylation sites (tertiary alicyclic amines) is 1. The van der Waals surface area contributed by atoms with E-state index in [2.05, 4.69) is 31.2 Å². The molecule has 0 aliphatic carbocycles. The quantitative estimate of drug-likeness (QED) is 0.908. The second-order valence-corrected chi connectivity index (χ2v) is 6.50. The van der Waals surface area contributed by atoms with Gasteiger partial charge in [-0.25, -0.2) is 0 Å². The van der Waals surface area contributed by atoms with Gasteiger partial charge in [0.25, 0.3) is 0 Å². The molecule has 21 heavy (non-hydrogen) atoms. The highest BCUT2D eigenvalue weighted by atomic mass is 32.2. The van der Waals surface area contributed by atoms with Gasteiger partial charge in [-0.1, -0.05) is 37.3 Å². The van der Waals surface area contributed by atoms with Crippen LogP contribution in [0.2, 0.25) is 0 Å². The summed E-state index contributed by atoms with van der Waals surface area (Å²) in [6, 6.07) is 10.4. The van der Waals surface area contributed by atoms with Crippen LogP contribution in [-0.4, -0.2) is 46.5 Å². The Kier molecular flexibility index (Phi) is 5.67. The molecular formula is C16H21NO3S. The van der Waals surface area contributed by atoms with Gasteiger partial charge in [-0.15, -0.1) is 11.8 Å². The third-order valence-electron chi connectivity index (χ3n) is 3.94. The van der Waals surface area contributed by atoms with Gasteiger partial charge in [0, 0.05) is 13.1 Å². The summed E-state index contributed by atoms with van der Waals surface area (Å²) in [5, 5.41) is 8.59. The van der Waals surface area contributed by atoms with Crippen LogP contribution < -0.4 is 0 Å². The molecule has 0 aromatic heterocycles. The van der Waals surface area contributed by atoms with Gasteiger partial charge in [-0.05, 0) is 23.8 Å². The van der Waals surface area contributed by atoms with Crippen LogP contribution >= 0.6 is 11.8 Å². The minimum absolute atomic E-state index is 0.0121. The third-order valence-corrected chi connectivity index (χ3v) is 4.84. The molecule has 1 aromatic carbocycles. The highest BCUT2D eigenvalue weighted by molar-refractivity contribution is 8.00. The van der Waals surface area contributed by atoms with Gasteiger partial charge in [-0.3, -0.25) is 9.59 Å². The Labute approximate surface area is 129 Å². The molecule has 5 heteroatoms. The minimum Gasteiger partial charge on any atom is -0.481 e. The number of carboxylic acids is 1. The predicted octanol–water partition coefficient (Wildman–Crippen LogP) is 2.46. The normalized spacial score (nSPS) is 22.0. The molecule has 2 unspecified atom stereocenters. The SMILES string of the molecule is CC1CN(C(=O)CSCC(=O)O)CCC1c1ccccc1. The van der Waals surface area contributed by atoms with Crippen molar-refractivity contribution in [3.63, 3.8) is 0 Å².